The Labute approximate surface area is 121 Å². The minimum absolute atomic E-state index is 0.847. The van der Waals surface area contributed by atoms with Gasteiger partial charge in [0, 0.05) is 42.8 Å². The van der Waals surface area contributed by atoms with E-state index >= 15 is 0 Å². The van der Waals surface area contributed by atoms with Crippen LogP contribution in [0.2, 0.25) is 0 Å². The van der Waals surface area contributed by atoms with E-state index in [0.717, 1.165) is 43.9 Å². The van der Waals surface area contributed by atoms with Gasteiger partial charge < -0.3 is 9.88 Å². The van der Waals surface area contributed by atoms with E-state index in [-0.39, 0.29) is 0 Å². The van der Waals surface area contributed by atoms with Crippen molar-refractivity contribution >= 4 is 0 Å². The molecule has 0 aliphatic heterocycles. The Balaban J connectivity index is 2.32. The van der Waals surface area contributed by atoms with Crippen molar-refractivity contribution in [2.75, 3.05) is 6.54 Å². The van der Waals surface area contributed by atoms with Crippen LogP contribution in [0, 0.1) is 6.92 Å². The smallest absolute Gasteiger partial charge is 0.113 e. The van der Waals surface area contributed by atoms with E-state index in [2.05, 4.69) is 39.8 Å². The van der Waals surface area contributed by atoms with E-state index in [4.69, 9.17) is 0 Å². The van der Waals surface area contributed by atoms with Crippen LogP contribution in [0.4, 0.5) is 0 Å². The average Bonchev–Trinajstić information content (AvgIpc) is 2.89. The van der Waals surface area contributed by atoms with Crippen molar-refractivity contribution in [3.63, 3.8) is 0 Å². The summed E-state index contributed by atoms with van der Waals surface area (Å²) in [6.07, 6.45) is 9.14. The predicted octanol–water partition coefficient (Wildman–Crippen LogP) is 3.03. The van der Waals surface area contributed by atoms with E-state index < -0.39 is 0 Å². The van der Waals surface area contributed by atoms with Crippen molar-refractivity contribution in [1.29, 1.82) is 0 Å². The summed E-state index contributed by atoms with van der Waals surface area (Å²) in [5.41, 5.74) is 3.46. The van der Waals surface area contributed by atoms with E-state index in [0.29, 0.717) is 0 Å². The molecule has 0 saturated carbocycles. The van der Waals surface area contributed by atoms with Crippen LogP contribution in [0.5, 0.6) is 0 Å². The first-order valence-corrected chi connectivity index (χ1v) is 7.45. The van der Waals surface area contributed by atoms with Crippen molar-refractivity contribution in [2.24, 2.45) is 0 Å². The van der Waals surface area contributed by atoms with Crippen molar-refractivity contribution in [3.05, 3.63) is 41.7 Å². The topological polar surface area (TPSA) is 42.7 Å². The maximum atomic E-state index is 4.47. The summed E-state index contributed by atoms with van der Waals surface area (Å²) in [6.45, 7) is 8.26. The first-order chi connectivity index (χ1) is 9.76. The molecule has 2 rings (SSSR count). The number of aryl methyl sites for hydroxylation is 2. The Bertz CT molecular complexity index is 545. The Hall–Kier alpha value is -1.68. The summed E-state index contributed by atoms with van der Waals surface area (Å²) in [5.74, 6) is 1.12. The van der Waals surface area contributed by atoms with Crippen molar-refractivity contribution < 1.29 is 0 Å². The molecule has 0 aliphatic rings. The number of nitrogens with one attached hydrogen (secondary N) is 1. The first kappa shape index (κ1) is 14.7. The lowest BCUT2D eigenvalue weighted by Crippen LogP contribution is -2.16. The Kier molecular flexibility index (Phi) is 5.30. The van der Waals surface area contributed by atoms with E-state index in [1.807, 2.05) is 25.5 Å². The van der Waals surface area contributed by atoms with Crippen LogP contribution in [0.25, 0.3) is 5.69 Å². The quantitative estimate of drug-likeness (QED) is 0.788. The Morgan fingerprint density at radius 3 is 2.80 bits per heavy atom. The number of imidazole rings is 1. The van der Waals surface area contributed by atoms with Gasteiger partial charge in [0.05, 0.1) is 5.69 Å². The van der Waals surface area contributed by atoms with E-state index in [1.54, 1.807) is 0 Å². The van der Waals surface area contributed by atoms with Crippen LogP contribution in [0.3, 0.4) is 0 Å². The molecule has 0 aromatic carbocycles. The number of hydrogen-bond acceptors (Lipinski definition) is 3. The third kappa shape index (κ3) is 3.45. The summed E-state index contributed by atoms with van der Waals surface area (Å²) in [5, 5.41) is 3.45. The summed E-state index contributed by atoms with van der Waals surface area (Å²) in [4.78, 5) is 8.90. The number of pyridine rings is 1. The summed E-state index contributed by atoms with van der Waals surface area (Å²) in [7, 11) is 0. The number of rotatable bonds is 7. The number of hydrogen-bond donors (Lipinski definition) is 1. The average molecular weight is 272 g/mol. The van der Waals surface area contributed by atoms with E-state index in [1.165, 1.54) is 11.3 Å². The zero-order chi connectivity index (χ0) is 14.4. The fourth-order valence-electron chi connectivity index (χ4n) is 2.30. The van der Waals surface area contributed by atoms with Gasteiger partial charge in [0.2, 0.25) is 0 Å². The molecule has 0 spiro atoms. The van der Waals surface area contributed by atoms with Gasteiger partial charge in [-0.1, -0.05) is 13.8 Å². The molecule has 0 atom stereocenters. The van der Waals surface area contributed by atoms with Gasteiger partial charge in [0.1, 0.15) is 5.82 Å². The Morgan fingerprint density at radius 1 is 1.20 bits per heavy atom. The zero-order valence-corrected chi connectivity index (χ0v) is 12.7. The van der Waals surface area contributed by atoms with Crippen LogP contribution in [-0.4, -0.2) is 21.1 Å². The number of aromatic nitrogens is 3. The molecule has 0 fully saturated rings. The molecule has 0 unspecified atom stereocenters. The third-order valence-electron chi connectivity index (χ3n) is 3.29. The van der Waals surface area contributed by atoms with Gasteiger partial charge in [0.15, 0.2) is 0 Å². The lowest BCUT2D eigenvalue weighted by Gasteiger charge is -2.14. The standard InChI is InChI=1S/C16H24N4/c1-4-6-16-18-8-9-20(16)15-10-13(3)19-12-14(15)11-17-7-5-2/h8-10,12,17H,4-7,11H2,1-3H3. The fraction of sp³-hybridized carbons (Fsp3) is 0.500. The molecule has 0 aliphatic carbocycles. The molecule has 2 aromatic rings. The van der Waals surface area contributed by atoms with Crippen molar-refractivity contribution in [2.45, 2.75) is 46.6 Å². The summed E-state index contributed by atoms with van der Waals surface area (Å²) in [6, 6.07) is 2.14. The van der Waals surface area contributed by atoms with Gasteiger partial charge in [-0.15, -0.1) is 0 Å². The maximum Gasteiger partial charge on any atom is 0.113 e. The molecule has 4 heteroatoms. The highest BCUT2D eigenvalue weighted by Gasteiger charge is 2.09. The Morgan fingerprint density at radius 2 is 2.05 bits per heavy atom. The van der Waals surface area contributed by atoms with Gasteiger partial charge in [-0.3, -0.25) is 4.98 Å². The third-order valence-corrected chi connectivity index (χ3v) is 3.29. The van der Waals surface area contributed by atoms with Crippen LogP contribution >= 0.6 is 0 Å². The van der Waals surface area contributed by atoms with Gasteiger partial charge in [0.25, 0.3) is 0 Å². The molecule has 20 heavy (non-hydrogen) atoms. The van der Waals surface area contributed by atoms with Crippen molar-refractivity contribution in [3.8, 4) is 5.69 Å². The molecular formula is C16H24N4. The maximum absolute atomic E-state index is 4.47. The highest BCUT2D eigenvalue weighted by molar-refractivity contribution is 5.42. The van der Waals surface area contributed by atoms with E-state index in [9.17, 15) is 0 Å². The fourth-order valence-corrected chi connectivity index (χ4v) is 2.30. The predicted molar refractivity (Wildman–Crippen MR) is 82.1 cm³/mol. The molecule has 0 amide bonds. The molecule has 0 saturated heterocycles. The molecule has 108 valence electrons. The molecule has 2 aromatic heterocycles. The van der Waals surface area contributed by atoms with Crippen molar-refractivity contribution in [1.82, 2.24) is 19.9 Å². The van der Waals surface area contributed by atoms with Crippen LogP contribution in [0.1, 0.15) is 43.8 Å². The van der Waals surface area contributed by atoms with Crippen LogP contribution in [0.15, 0.2) is 24.7 Å². The zero-order valence-electron chi connectivity index (χ0n) is 12.7. The molecule has 0 bridgehead atoms. The molecule has 0 radical (unpaired) electrons. The first-order valence-electron chi connectivity index (χ1n) is 7.45. The number of nitrogens with zero attached hydrogens (tertiary/aromatic N) is 3. The minimum Gasteiger partial charge on any atom is -0.313 e. The largest absolute Gasteiger partial charge is 0.313 e. The van der Waals surface area contributed by atoms with Gasteiger partial charge in [-0.2, -0.15) is 0 Å². The minimum atomic E-state index is 0.847. The molecule has 2 heterocycles. The highest BCUT2D eigenvalue weighted by atomic mass is 15.1. The second-order valence-electron chi connectivity index (χ2n) is 5.09. The van der Waals surface area contributed by atoms with Gasteiger partial charge >= 0.3 is 0 Å². The second-order valence-corrected chi connectivity index (χ2v) is 5.09. The molecule has 1 N–H and O–H groups in total. The lowest BCUT2D eigenvalue weighted by atomic mass is 10.2. The monoisotopic (exact) mass is 272 g/mol. The van der Waals surface area contributed by atoms with Crippen LogP contribution < -0.4 is 5.32 Å². The molecular weight excluding hydrogens is 248 g/mol. The highest BCUT2D eigenvalue weighted by Crippen LogP contribution is 2.18. The van der Waals surface area contributed by atoms with Gasteiger partial charge in [-0.05, 0) is 32.4 Å². The summed E-state index contributed by atoms with van der Waals surface area (Å²) >= 11 is 0. The lowest BCUT2D eigenvalue weighted by molar-refractivity contribution is 0.669. The van der Waals surface area contributed by atoms with Crippen LogP contribution in [-0.2, 0) is 13.0 Å². The normalized spacial score (nSPS) is 10.9. The second kappa shape index (κ2) is 7.20. The van der Waals surface area contributed by atoms with Gasteiger partial charge in [-0.25, -0.2) is 4.98 Å². The molecule has 4 nitrogen and oxygen atoms in total. The SMILES string of the molecule is CCCNCc1cnc(C)cc1-n1ccnc1CCC. The summed E-state index contributed by atoms with van der Waals surface area (Å²) < 4.78 is 2.20.